The maximum atomic E-state index is 4.45. The molecule has 1 aliphatic heterocycles. The smallest absolute Gasteiger partial charge is 0.0346 e. The first-order valence-electron chi connectivity index (χ1n) is 8.85. The minimum Gasteiger partial charge on any atom is -0.295 e. The number of rotatable bonds is 4. The van der Waals surface area contributed by atoms with Crippen LogP contribution in [0.3, 0.4) is 0 Å². The molecule has 0 unspecified atom stereocenters. The van der Waals surface area contributed by atoms with Crippen LogP contribution in [0.25, 0.3) is 16.7 Å². The van der Waals surface area contributed by atoms with Gasteiger partial charge < -0.3 is 0 Å². The van der Waals surface area contributed by atoms with E-state index in [1.165, 1.54) is 27.8 Å². The molecule has 2 heteroatoms. The molecular formula is C23H22N2. The number of aromatic nitrogens is 1. The molecule has 0 N–H and O–H groups in total. The molecule has 0 fully saturated rings. The number of nitrogens with zero attached hydrogens (tertiary/aromatic N) is 2. The van der Waals surface area contributed by atoms with E-state index in [0.717, 1.165) is 26.1 Å². The Balaban J connectivity index is 1.45. The molecule has 0 bridgehead atoms. The Morgan fingerprint density at radius 3 is 2.20 bits per heavy atom. The monoisotopic (exact) mass is 326 g/mol. The van der Waals surface area contributed by atoms with Gasteiger partial charge >= 0.3 is 0 Å². The van der Waals surface area contributed by atoms with E-state index in [0.29, 0.717) is 0 Å². The lowest BCUT2D eigenvalue weighted by atomic mass is 9.99. The van der Waals surface area contributed by atoms with Crippen LogP contribution in [0.15, 0.2) is 85.2 Å². The summed E-state index contributed by atoms with van der Waals surface area (Å²) in [5.74, 6) is 0. The minimum absolute atomic E-state index is 0.951. The summed E-state index contributed by atoms with van der Waals surface area (Å²) in [6.45, 7) is 3.04. The molecule has 2 heterocycles. The van der Waals surface area contributed by atoms with Crippen LogP contribution in [0.2, 0.25) is 0 Å². The summed E-state index contributed by atoms with van der Waals surface area (Å²) in [4.78, 5) is 6.93. The zero-order valence-electron chi connectivity index (χ0n) is 14.3. The molecule has 25 heavy (non-hydrogen) atoms. The number of benzene rings is 2. The average Bonchev–Trinajstić information content (AvgIpc) is 2.70. The molecule has 0 aliphatic carbocycles. The van der Waals surface area contributed by atoms with Crippen molar-refractivity contribution in [2.45, 2.75) is 13.0 Å². The van der Waals surface area contributed by atoms with Gasteiger partial charge in [-0.25, -0.2) is 0 Å². The molecule has 4 rings (SSSR count). The van der Waals surface area contributed by atoms with Gasteiger partial charge in [0.2, 0.25) is 0 Å². The normalized spacial score (nSPS) is 15.0. The third-order valence-electron chi connectivity index (χ3n) is 4.75. The summed E-state index contributed by atoms with van der Waals surface area (Å²) in [5, 5.41) is 0. The topological polar surface area (TPSA) is 16.1 Å². The third kappa shape index (κ3) is 3.86. The van der Waals surface area contributed by atoms with Crippen molar-refractivity contribution < 1.29 is 0 Å². The summed E-state index contributed by atoms with van der Waals surface area (Å²) in [6, 6.07) is 23.4. The van der Waals surface area contributed by atoms with Crippen LogP contribution < -0.4 is 0 Å². The molecule has 124 valence electrons. The van der Waals surface area contributed by atoms with Crippen molar-refractivity contribution in [3.05, 3.63) is 96.3 Å². The van der Waals surface area contributed by atoms with Crippen LogP contribution in [0, 0.1) is 0 Å². The highest BCUT2D eigenvalue weighted by Crippen LogP contribution is 2.24. The van der Waals surface area contributed by atoms with Gasteiger partial charge in [0, 0.05) is 37.6 Å². The fourth-order valence-corrected chi connectivity index (χ4v) is 3.39. The minimum atomic E-state index is 0.951. The van der Waals surface area contributed by atoms with Crippen molar-refractivity contribution in [3.63, 3.8) is 0 Å². The molecule has 0 amide bonds. The lowest BCUT2D eigenvalue weighted by Crippen LogP contribution is -2.28. The first-order chi connectivity index (χ1) is 12.4. The van der Waals surface area contributed by atoms with E-state index < -0.39 is 0 Å². The molecule has 0 radical (unpaired) electrons. The van der Waals surface area contributed by atoms with Crippen molar-refractivity contribution in [1.82, 2.24) is 9.88 Å². The van der Waals surface area contributed by atoms with E-state index in [1.54, 1.807) is 0 Å². The third-order valence-corrected chi connectivity index (χ3v) is 4.75. The van der Waals surface area contributed by atoms with Crippen LogP contribution in [-0.4, -0.2) is 23.0 Å². The highest BCUT2D eigenvalue weighted by atomic mass is 15.1. The van der Waals surface area contributed by atoms with E-state index in [2.05, 4.69) is 76.6 Å². The molecule has 0 saturated heterocycles. The van der Waals surface area contributed by atoms with Gasteiger partial charge in [-0.2, -0.15) is 0 Å². The highest BCUT2D eigenvalue weighted by molar-refractivity contribution is 5.66. The number of hydrogen-bond donors (Lipinski definition) is 0. The lowest BCUT2D eigenvalue weighted by Gasteiger charge is -2.26. The van der Waals surface area contributed by atoms with Gasteiger partial charge in [-0.3, -0.25) is 9.88 Å². The Labute approximate surface area is 149 Å². The second-order valence-corrected chi connectivity index (χ2v) is 6.53. The maximum Gasteiger partial charge on any atom is 0.0346 e. The molecule has 0 spiro atoms. The molecule has 1 aliphatic rings. The van der Waals surface area contributed by atoms with Crippen LogP contribution >= 0.6 is 0 Å². The SMILES string of the molecule is C1=C(c2ccccc2)CCN(Cc2cncc(-c3ccccc3)c2)C1. The molecular weight excluding hydrogens is 304 g/mol. The van der Waals surface area contributed by atoms with Gasteiger partial charge in [-0.15, -0.1) is 0 Å². The van der Waals surface area contributed by atoms with E-state index in [4.69, 9.17) is 0 Å². The molecule has 1 aromatic heterocycles. The van der Waals surface area contributed by atoms with E-state index in [1.807, 2.05) is 18.5 Å². The Bertz CT molecular complexity index is 854. The Kier molecular flexibility index (Phi) is 4.71. The van der Waals surface area contributed by atoms with Crippen molar-refractivity contribution in [2.75, 3.05) is 13.1 Å². The summed E-state index contributed by atoms with van der Waals surface area (Å²) in [5.41, 5.74) is 6.51. The van der Waals surface area contributed by atoms with Gasteiger partial charge in [-0.05, 0) is 34.8 Å². The zero-order chi connectivity index (χ0) is 16.9. The quantitative estimate of drug-likeness (QED) is 0.668. The molecule has 2 aromatic carbocycles. The van der Waals surface area contributed by atoms with Crippen molar-refractivity contribution in [1.29, 1.82) is 0 Å². The zero-order valence-corrected chi connectivity index (χ0v) is 14.3. The van der Waals surface area contributed by atoms with Gasteiger partial charge in [-0.1, -0.05) is 66.7 Å². The Morgan fingerprint density at radius 1 is 0.800 bits per heavy atom. The Morgan fingerprint density at radius 2 is 1.52 bits per heavy atom. The molecule has 3 aromatic rings. The predicted octanol–water partition coefficient (Wildman–Crippen LogP) is 5.04. The van der Waals surface area contributed by atoms with E-state index >= 15 is 0 Å². The molecule has 0 saturated carbocycles. The van der Waals surface area contributed by atoms with Crippen LogP contribution in [0.4, 0.5) is 0 Å². The fourth-order valence-electron chi connectivity index (χ4n) is 3.39. The van der Waals surface area contributed by atoms with E-state index in [-0.39, 0.29) is 0 Å². The average molecular weight is 326 g/mol. The number of pyridine rings is 1. The standard InChI is InChI=1S/C23H22N2/c1-3-7-20(8-4-1)22-11-13-25(14-12-22)18-19-15-23(17-24-16-19)21-9-5-2-6-10-21/h1-11,15-17H,12-14,18H2. The fraction of sp³-hybridized carbons (Fsp3) is 0.174. The largest absolute Gasteiger partial charge is 0.295 e. The van der Waals surface area contributed by atoms with Crippen molar-refractivity contribution >= 4 is 5.57 Å². The van der Waals surface area contributed by atoms with Gasteiger partial charge in [0.25, 0.3) is 0 Å². The van der Waals surface area contributed by atoms with Crippen molar-refractivity contribution in [2.24, 2.45) is 0 Å². The summed E-state index contributed by atoms with van der Waals surface area (Å²) in [7, 11) is 0. The maximum absolute atomic E-state index is 4.45. The second-order valence-electron chi connectivity index (χ2n) is 6.53. The Hall–Kier alpha value is -2.71. The second kappa shape index (κ2) is 7.45. The molecule has 2 nitrogen and oxygen atoms in total. The highest BCUT2D eigenvalue weighted by Gasteiger charge is 2.13. The first-order valence-corrected chi connectivity index (χ1v) is 8.85. The number of hydrogen-bond acceptors (Lipinski definition) is 2. The summed E-state index contributed by atoms with van der Waals surface area (Å²) in [6.07, 6.45) is 7.41. The van der Waals surface area contributed by atoms with Crippen LogP contribution in [-0.2, 0) is 6.54 Å². The van der Waals surface area contributed by atoms with Crippen LogP contribution in [0.1, 0.15) is 17.5 Å². The lowest BCUT2D eigenvalue weighted by molar-refractivity contribution is 0.293. The van der Waals surface area contributed by atoms with Crippen molar-refractivity contribution in [3.8, 4) is 11.1 Å². The van der Waals surface area contributed by atoms with E-state index in [9.17, 15) is 0 Å². The molecule has 0 atom stereocenters. The first kappa shape index (κ1) is 15.8. The van der Waals surface area contributed by atoms with Gasteiger partial charge in [0.05, 0.1) is 0 Å². The van der Waals surface area contributed by atoms with Gasteiger partial charge in [0.15, 0.2) is 0 Å². The summed E-state index contributed by atoms with van der Waals surface area (Å²) < 4.78 is 0. The predicted molar refractivity (Wildman–Crippen MR) is 104 cm³/mol. The van der Waals surface area contributed by atoms with Crippen LogP contribution in [0.5, 0.6) is 0 Å². The van der Waals surface area contributed by atoms with Gasteiger partial charge in [0.1, 0.15) is 0 Å². The summed E-state index contributed by atoms with van der Waals surface area (Å²) >= 11 is 0.